The highest BCUT2D eigenvalue weighted by molar-refractivity contribution is 7.98. The third-order valence-electron chi connectivity index (χ3n) is 3.30. The van der Waals surface area contributed by atoms with Crippen molar-refractivity contribution in [3.05, 3.63) is 53.7 Å². The highest BCUT2D eigenvalue weighted by Gasteiger charge is 2.02. The second-order valence-corrected chi connectivity index (χ2v) is 6.50. The third-order valence-corrected chi connectivity index (χ3v) is 4.34. The van der Waals surface area contributed by atoms with Crippen molar-refractivity contribution in [3.8, 4) is 0 Å². The molecule has 1 aromatic carbocycles. The summed E-state index contributed by atoms with van der Waals surface area (Å²) < 4.78 is 0. The summed E-state index contributed by atoms with van der Waals surface area (Å²) in [4.78, 5) is 5.94. The number of rotatable bonds is 7. The van der Waals surface area contributed by atoms with E-state index in [0.29, 0.717) is 5.92 Å². The first-order chi connectivity index (χ1) is 10.2. The molecule has 2 rings (SSSR count). The lowest BCUT2D eigenvalue weighted by atomic mass is 10.0. The molecule has 0 aliphatic heterocycles. The molecule has 0 radical (unpaired) electrons. The van der Waals surface area contributed by atoms with Crippen LogP contribution >= 0.6 is 11.8 Å². The largest absolute Gasteiger partial charge is 0.370 e. The van der Waals surface area contributed by atoms with Crippen molar-refractivity contribution >= 4 is 17.6 Å². The van der Waals surface area contributed by atoms with Crippen LogP contribution in [-0.4, -0.2) is 11.5 Å². The molecular formula is C18H24N2S. The van der Waals surface area contributed by atoms with Gasteiger partial charge in [-0.2, -0.15) is 0 Å². The molecule has 1 aromatic heterocycles. The normalized spacial score (nSPS) is 10.9. The number of hydrogen-bond donors (Lipinski definition) is 1. The molecule has 0 amide bonds. The summed E-state index contributed by atoms with van der Waals surface area (Å²) in [6.45, 7) is 7.58. The summed E-state index contributed by atoms with van der Waals surface area (Å²) in [6, 6.07) is 15.0. The molecule has 0 aliphatic carbocycles. The number of anilines is 1. The maximum absolute atomic E-state index is 4.64. The van der Waals surface area contributed by atoms with E-state index in [1.165, 1.54) is 10.5 Å². The van der Waals surface area contributed by atoms with Gasteiger partial charge in [-0.25, -0.2) is 4.98 Å². The Hall–Kier alpha value is -1.48. The van der Waals surface area contributed by atoms with Crippen LogP contribution in [0.15, 0.2) is 47.4 Å². The Balaban J connectivity index is 1.93. The van der Waals surface area contributed by atoms with Gasteiger partial charge in [0.1, 0.15) is 5.82 Å². The molecule has 21 heavy (non-hydrogen) atoms. The zero-order valence-corrected chi connectivity index (χ0v) is 13.9. The van der Waals surface area contributed by atoms with Crippen LogP contribution in [0.2, 0.25) is 0 Å². The summed E-state index contributed by atoms with van der Waals surface area (Å²) in [5.74, 6) is 2.47. The first kappa shape index (κ1) is 15.9. The quantitative estimate of drug-likeness (QED) is 0.701. The Morgan fingerprint density at radius 3 is 2.52 bits per heavy atom. The number of aromatic nitrogens is 1. The van der Waals surface area contributed by atoms with E-state index < -0.39 is 0 Å². The van der Waals surface area contributed by atoms with Crippen molar-refractivity contribution in [1.29, 1.82) is 0 Å². The fourth-order valence-electron chi connectivity index (χ4n) is 2.02. The predicted molar refractivity (Wildman–Crippen MR) is 93.1 cm³/mol. The Morgan fingerprint density at radius 1 is 1.10 bits per heavy atom. The molecule has 0 saturated heterocycles. The van der Waals surface area contributed by atoms with Gasteiger partial charge in [0, 0.05) is 17.2 Å². The summed E-state index contributed by atoms with van der Waals surface area (Å²) >= 11 is 1.84. The first-order valence-electron chi connectivity index (χ1n) is 7.61. The van der Waals surface area contributed by atoms with Crippen LogP contribution in [0.1, 0.15) is 44.4 Å². The van der Waals surface area contributed by atoms with E-state index in [1.807, 2.05) is 17.8 Å². The Labute approximate surface area is 132 Å². The fourth-order valence-corrected chi connectivity index (χ4v) is 2.82. The van der Waals surface area contributed by atoms with Gasteiger partial charge in [0.2, 0.25) is 0 Å². The van der Waals surface area contributed by atoms with Gasteiger partial charge in [0.15, 0.2) is 0 Å². The summed E-state index contributed by atoms with van der Waals surface area (Å²) in [5.41, 5.74) is 2.51. The summed E-state index contributed by atoms with van der Waals surface area (Å²) in [6.07, 6.45) is 1.11. The van der Waals surface area contributed by atoms with Crippen molar-refractivity contribution in [2.75, 3.05) is 11.9 Å². The zero-order chi connectivity index (χ0) is 15.1. The average molecular weight is 300 g/mol. The van der Waals surface area contributed by atoms with E-state index in [1.54, 1.807) is 0 Å². The van der Waals surface area contributed by atoms with Crippen LogP contribution in [0.5, 0.6) is 0 Å². The second kappa shape index (κ2) is 8.08. The molecule has 0 fully saturated rings. The van der Waals surface area contributed by atoms with Gasteiger partial charge in [0.05, 0.1) is 5.69 Å². The van der Waals surface area contributed by atoms with Crippen LogP contribution in [0, 0.1) is 0 Å². The molecule has 0 unspecified atom stereocenters. The predicted octanol–water partition coefficient (Wildman–Crippen LogP) is 5.32. The Kier molecular flexibility index (Phi) is 6.12. The second-order valence-electron chi connectivity index (χ2n) is 5.45. The van der Waals surface area contributed by atoms with Crippen LogP contribution < -0.4 is 5.32 Å². The highest BCUT2D eigenvalue weighted by atomic mass is 32.2. The van der Waals surface area contributed by atoms with Gasteiger partial charge in [-0.1, -0.05) is 39.0 Å². The van der Waals surface area contributed by atoms with Gasteiger partial charge in [0.25, 0.3) is 0 Å². The van der Waals surface area contributed by atoms with Gasteiger partial charge < -0.3 is 5.32 Å². The van der Waals surface area contributed by atoms with E-state index in [-0.39, 0.29) is 0 Å². The average Bonchev–Trinajstić information content (AvgIpc) is 2.52. The molecule has 3 heteroatoms. The molecular weight excluding hydrogens is 276 g/mol. The minimum Gasteiger partial charge on any atom is -0.370 e. The van der Waals surface area contributed by atoms with Gasteiger partial charge in [-0.3, -0.25) is 0 Å². The Bertz CT molecular complexity index is 549. The van der Waals surface area contributed by atoms with Crippen LogP contribution in [-0.2, 0) is 5.75 Å². The molecule has 0 aliphatic rings. The summed E-state index contributed by atoms with van der Waals surface area (Å²) in [5, 5.41) is 3.33. The third kappa shape index (κ3) is 5.09. The van der Waals surface area contributed by atoms with Gasteiger partial charge >= 0.3 is 0 Å². The topological polar surface area (TPSA) is 24.9 Å². The van der Waals surface area contributed by atoms with E-state index in [9.17, 15) is 0 Å². The molecule has 0 saturated carbocycles. The van der Waals surface area contributed by atoms with Crippen molar-refractivity contribution in [2.24, 2.45) is 0 Å². The van der Waals surface area contributed by atoms with Gasteiger partial charge in [-0.15, -0.1) is 11.8 Å². The molecule has 1 N–H and O–H groups in total. The number of pyridine rings is 1. The maximum Gasteiger partial charge on any atom is 0.126 e. The lowest BCUT2D eigenvalue weighted by Crippen LogP contribution is -2.02. The maximum atomic E-state index is 4.64. The molecule has 112 valence electrons. The lowest BCUT2D eigenvalue weighted by molar-refractivity contribution is 0.865. The molecule has 2 nitrogen and oxygen atoms in total. The van der Waals surface area contributed by atoms with Crippen LogP contribution in [0.3, 0.4) is 0 Å². The fraction of sp³-hybridized carbons (Fsp3) is 0.389. The minimum absolute atomic E-state index is 0.590. The van der Waals surface area contributed by atoms with E-state index >= 15 is 0 Å². The highest BCUT2D eigenvalue weighted by Crippen LogP contribution is 2.24. The van der Waals surface area contributed by atoms with E-state index in [0.717, 1.165) is 30.2 Å². The monoisotopic (exact) mass is 300 g/mol. The van der Waals surface area contributed by atoms with Crippen molar-refractivity contribution in [1.82, 2.24) is 4.98 Å². The number of hydrogen-bond acceptors (Lipinski definition) is 3. The Morgan fingerprint density at radius 2 is 1.86 bits per heavy atom. The van der Waals surface area contributed by atoms with Crippen molar-refractivity contribution < 1.29 is 0 Å². The first-order valence-corrected chi connectivity index (χ1v) is 8.60. The number of nitrogens with zero attached hydrogens (tertiary/aromatic N) is 1. The van der Waals surface area contributed by atoms with Crippen LogP contribution in [0.4, 0.5) is 5.82 Å². The zero-order valence-electron chi connectivity index (χ0n) is 13.1. The van der Waals surface area contributed by atoms with Crippen molar-refractivity contribution in [2.45, 2.75) is 43.8 Å². The molecule has 2 aromatic rings. The molecule has 0 spiro atoms. The minimum atomic E-state index is 0.590. The number of benzene rings is 1. The number of nitrogens with one attached hydrogen (secondary N) is 1. The molecule has 1 heterocycles. The lowest BCUT2D eigenvalue weighted by Gasteiger charge is -2.08. The van der Waals surface area contributed by atoms with Crippen molar-refractivity contribution in [3.63, 3.8) is 0 Å². The van der Waals surface area contributed by atoms with Crippen LogP contribution in [0.25, 0.3) is 0 Å². The van der Waals surface area contributed by atoms with E-state index in [4.69, 9.17) is 0 Å². The SMILES string of the molecule is CCCNc1cccc(CSc2ccc(C(C)C)cc2)n1. The van der Waals surface area contributed by atoms with Gasteiger partial charge in [-0.05, 0) is 42.2 Å². The van der Waals surface area contributed by atoms with E-state index in [2.05, 4.69) is 67.5 Å². The standard InChI is InChI=1S/C18H24N2S/c1-4-12-19-18-7-5-6-16(20-18)13-21-17-10-8-15(9-11-17)14(2)3/h5-11,14H,4,12-13H2,1-3H3,(H,19,20). The smallest absolute Gasteiger partial charge is 0.126 e. The number of thioether (sulfide) groups is 1. The molecule has 0 bridgehead atoms. The molecule has 0 atom stereocenters. The summed E-state index contributed by atoms with van der Waals surface area (Å²) in [7, 11) is 0.